The first-order valence-corrected chi connectivity index (χ1v) is 8.64. The van der Waals surface area contributed by atoms with Gasteiger partial charge in [-0.25, -0.2) is 0 Å². The van der Waals surface area contributed by atoms with E-state index in [9.17, 15) is 9.59 Å². The second-order valence-corrected chi connectivity index (χ2v) is 6.52. The summed E-state index contributed by atoms with van der Waals surface area (Å²) in [6.07, 6.45) is -0.265. The molecule has 1 N–H and O–H groups in total. The number of carbonyl (C=O) groups excluding carboxylic acids is 2. The number of hydrogen-bond acceptors (Lipinski definition) is 4. The summed E-state index contributed by atoms with van der Waals surface area (Å²) in [4.78, 5) is 29.5. The second-order valence-electron chi connectivity index (χ2n) is 6.52. The highest BCUT2D eigenvalue weighted by Gasteiger charge is 2.55. The molecule has 0 unspecified atom stereocenters. The average Bonchev–Trinajstić information content (AvgIpc) is 2.92. The zero-order valence-electron chi connectivity index (χ0n) is 14.3. The Hall–Kier alpha value is -2.82. The van der Waals surface area contributed by atoms with Crippen LogP contribution in [0.25, 0.3) is 0 Å². The van der Waals surface area contributed by atoms with Gasteiger partial charge >= 0.3 is 0 Å². The van der Waals surface area contributed by atoms with Crippen LogP contribution in [0.5, 0.6) is 0 Å². The molecule has 0 aliphatic carbocycles. The monoisotopic (exact) mass is 335 g/mol. The van der Waals surface area contributed by atoms with E-state index in [2.05, 4.69) is 17.1 Å². The highest BCUT2D eigenvalue weighted by atomic mass is 16.2. The van der Waals surface area contributed by atoms with Crippen molar-refractivity contribution in [3.63, 3.8) is 0 Å². The Morgan fingerprint density at radius 2 is 1.76 bits per heavy atom. The van der Waals surface area contributed by atoms with E-state index in [0.29, 0.717) is 0 Å². The highest BCUT2D eigenvalue weighted by Crippen LogP contribution is 2.42. The number of fused-ring (bicyclic) bond motifs is 2. The Morgan fingerprint density at radius 1 is 1.08 bits per heavy atom. The number of benzene rings is 2. The minimum atomic E-state index is -0.661. The van der Waals surface area contributed by atoms with Gasteiger partial charge in [0.15, 0.2) is 0 Å². The molecule has 2 aliphatic heterocycles. The van der Waals surface area contributed by atoms with E-state index in [4.69, 9.17) is 0 Å². The second kappa shape index (κ2) is 5.92. The van der Waals surface area contributed by atoms with Crippen molar-refractivity contribution in [2.24, 2.45) is 5.92 Å². The van der Waals surface area contributed by atoms with Gasteiger partial charge in [0.1, 0.15) is 17.9 Å². The highest BCUT2D eigenvalue weighted by molar-refractivity contribution is 6.12. The molecule has 2 aromatic rings. The third kappa shape index (κ3) is 2.30. The van der Waals surface area contributed by atoms with Crippen molar-refractivity contribution in [1.82, 2.24) is 0 Å². The van der Waals surface area contributed by atoms with E-state index in [1.54, 1.807) is 4.90 Å². The number of rotatable bonds is 3. The maximum atomic E-state index is 13.2. The Kier molecular flexibility index (Phi) is 3.71. The molecule has 0 radical (unpaired) electrons. The van der Waals surface area contributed by atoms with Gasteiger partial charge in [-0.1, -0.05) is 30.3 Å². The van der Waals surface area contributed by atoms with Crippen molar-refractivity contribution in [3.05, 3.63) is 54.6 Å². The molecule has 0 spiro atoms. The van der Waals surface area contributed by atoms with Crippen LogP contribution in [0.2, 0.25) is 0 Å². The molecule has 25 heavy (non-hydrogen) atoms. The van der Waals surface area contributed by atoms with Crippen LogP contribution in [0.1, 0.15) is 13.8 Å². The zero-order valence-corrected chi connectivity index (χ0v) is 14.3. The predicted octanol–water partition coefficient (Wildman–Crippen LogP) is 2.89. The fourth-order valence-corrected chi connectivity index (χ4v) is 4.11. The van der Waals surface area contributed by atoms with Crippen LogP contribution in [-0.4, -0.2) is 30.4 Å². The third-order valence-electron chi connectivity index (χ3n) is 5.14. The summed E-state index contributed by atoms with van der Waals surface area (Å²) in [6, 6.07) is 17.4. The maximum Gasteiger partial charge on any atom is 0.241 e. The molecule has 5 heteroatoms. The molecule has 0 saturated carbocycles. The Morgan fingerprint density at radius 3 is 2.44 bits per heavy atom. The Bertz CT molecular complexity index is 821. The first-order chi connectivity index (χ1) is 12.1. The van der Waals surface area contributed by atoms with E-state index in [-0.39, 0.29) is 23.9 Å². The van der Waals surface area contributed by atoms with E-state index >= 15 is 0 Å². The molecule has 2 heterocycles. The fraction of sp³-hybridized carbons (Fsp3) is 0.300. The van der Waals surface area contributed by atoms with Crippen molar-refractivity contribution >= 4 is 28.8 Å². The summed E-state index contributed by atoms with van der Waals surface area (Å²) in [6.45, 7) is 4.31. The number of likely N-dealkylation sites (N-methyl/N-ethyl adjacent to an activating group) is 1. The predicted molar refractivity (Wildman–Crippen MR) is 98.8 cm³/mol. The van der Waals surface area contributed by atoms with Gasteiger partial charge in [0, 0.05) is 12.2 Å². The largest absolute Gasteiger partial charge is 0.362 e. The van der Waals surface area contributed by atoms with Crippen LogP contribution in [0.3, 0.4) is 0 Å². The number of nitrogens with one attached hydrogen (secondary N) is 1. The molecule has 5 nitrogen and oxygen atoms in total. The standard InChI is InChI=1S/C20H21N3O2/c1-3-22-16-12-8-7-11-15(16)21-19-18(22)17(13(2)24)20(25)23(19)14-9-5-4-6-10-14/h4-12,17-19,21H,3H2,1-2H3/t17-,18-,19+/m0/s1. The topological polar surface area (TPSA) is 52.7 Å². The van der Waals surface area contributed by atoms with Gasteiger partial charge in [0.05, 0.1) is 17.4 Å². The van der Waals surface area contributed by atoms with Crippen molar-refractivity contribution in [2.75, 3.05) is 21.7 Å². The normalized spacial score (nSPS) is 24.6. The number of amides is 1. The van der Waals surface area contributed by atoms with Gasteiger partial charge in [0.2, 0.25) is 5.91 Å². The maximum absolute atomic E-state index is 13.2. The van der Waals surface area contributed by atoms with Crippen molar-refractivity contribution in [3.8, 4) is 0 Å². The summed E-state index contributed by atoms with van der Waals surface area (Å²) < 4.78 is 0. The molecule has 2 aliphatic rings. The lowest BCUT2D eigenvalue weighted by Crippen LogP contribution is -2.55. The summed E-state index contributed by atoms with van der Waals surface area (Å²) in [5.74, 6) is -0.878. The summed E-state index contributed by atoms with van der Waals surface area (Å²) in [7, 11) is 0. The average molecular weight is 335 g/mol. The molecule has 3 atom stereocenters. The van der Waals surface area contributed by atoms with Crippen molar-refractivity contribution in [1.29, 1.82) is 0 Å². The minimum Gasteiger partial charge on any atom is -0.362 e. The summed E-state index contributed by atoms with van der Waals surface area (Å²) >= 11 is 0. The number of ketones is 1. The quantitative estimate of drug-likeness (QED) is 0.877. The SMILES string of the molecule is CCN1c2ccccc2N[C@H]2[C@@H]1[C@H](C(C)=O)C(=O)N2c1ccccc1. The summed E-state index contributed by atoms with van der Waals surface area (Å²) in [5.41, 5.74) is 2.85. The number of Topliss-reactive ketones (excluding diaryl/α,β-unsaturated/α-hetero) is 1. The molecule has 128 valence electrons. The molecular weight excluding hydrogens is 314 g/mol. The number of nitrogens with zero attached hydrogens (tertiary/aromatic N) is 2. The van der Waals surface area contributed by atoms with E-state index < -0.39 is 5.92 Å². The lowest BCUT2D eigenvalue weighted by atomic mass is 9.93. The van der Waals surface area contributed by atoms with E-state index in [1.165, 1.54) is 6.92 Å². The first-order valence-electron chi connectivity index (χ1n) is 8.64. The lowest BCUT2D eigenvalue weighted by Gasteiger charge is -2.43. The third-order valence-corrected chi connectivity index (χ3v) is 5.14. The molecule has 0 aromatic heterocycles. The minimum absolute atomic E-state index is 0.0851. The van der Waals surface area contributed by atoms with Crippen LogP contribution in [0, 0.1) is 5.92 Å². The van der Waals surface area contributed by atoms with Gasteiger partial charge < -0.3 is 10.2 Å². The van der Waals surface area contributed by atoms with Crippen molar-refractivity contribution < 1.29 is 9.59 Å². The van der Waals surface area contributed by atoms with Crippen LogP contribution in [0.4, 0.5) is 17.1 Å². The molecule has 0 bridgehead atoms. The van der Waals surface area contributed by atoms with Gasteiger partial charge in [-0.05, 0) is 38.1 Å². The van der Waals surface area contributed by atoms with Crippen LogP contribution >= 0.6 is 0 Å². The molecule has 1 fully saturated rings. The van der Waals surface area contributed by atoms with Crippen molar-refractivity contribution in [2.45, 2.75) is 26.1 Å². The van der Waals surface area contributed by atoms with Crippen LogP contribution < -0.4 is 15.1 Å². The van der Waals surface area contributed by atoms with Gasteiger partial charge in [-0.15, -0.1) is 0 Å². The number of hydrogen-bond donors (Lipinski definition) is 1. The van der Waals surface area contributed by atoms with Gasteiger partial charge in [0.25, 0.3) is 0 Å². The lowest BCUT2D eigenvalue weighted by molar-refractivity contribution is -0.129. The zero-order chi connectivity index (χ0) is 17.6. The van der Waals surface area contributed by atoms with Gasteiger partial charge in [-0.2, -0.15) is 0 Å². The molecule has 2 aromatic carbocycles. The Labute approximate surface area is 147 Å². The molecule has 4 rings (SSSR count). The molecule has 1 saturated heterocycles. The smallest absolute Gasteiger partial charge is 0.241 e. The number of carbonyl (C=O) groups is 2. The van der Waals surface area contributed by atoms with Crippen LogP contribution in [-0.2, 0) is 9.59 Å². The van der Waals surface area contributed by atoms with Gasteiger partial charge in [-0.3, -0.25) is 14.5 Å². The number of anilines is 3. The van der Waals surface area contributed by atoms with E-state index in [1.807, 2.05) is 54.6 Å². The fourth-order valence-electron chi connectivity index (χ4n) is 4.11. The number of para-hydroxylation sites is 3. The molecular formula is C20H21N3O2. The first kappa shape index (κ1) is 15.7. The molecule has 1 amide bonds. The summed E-state index contributed by atoms with van der Waals surface area (Å²) in [5, 5.41) is 3.50. The van der Waals surface area contributed by atoms with Crippen LogP contribution in [0.15, 0.2) is 54.6 Å². The van der Waals surface area contributed by atoms with E-state index in [0.717, 1.165) is 23.6 Å². The Balaban J connectivity index is 1.86.